The Kier molecular flexibility index (Phi) is 4.81. The number of aliphatic imine (C=N–C) groups is 1. The van der Waals surface area contributed by atoms with Crippen LogP contribution >= 0.6 is 0 Å². The SMILES string of the molecule is N#Cc1ccc(C2=CC(=O)C3=NCC(C(F)(F)F)=C(c4ccc(F)cc4F)N3N2)cc1. The molecule has 2 heterocycles. The van der Waals surface area contributed by atoms with E-state index in [0.29, 0.717) is 17.2 Å². The number of carbonyl (C=O) groups is 1. The molecular weight excluding hydrogens is 419 g/mol. The molecule has 2 aromatic rings. The van der Waals surface area contributed by atoms with Crippen LogP contribution in [0.2, 0.25) is 0 Å². The van der Waals surface area contributed by atoms with Crippen molar-refractivity contribution in [2.45, 2.75) is 6.18 Å². The predicted octanol–water partition coefficient (Wildman–Crippen LogP) is 3.95. The number of carbonyl (C=O) groups excluding carboxylic acids is 1. The summed E-state index contributed by atoms with van der Waals surface area (Å²) in [4.78, 5) is 16.3. The number of halogens is 5. The van der Waals surface area contributed by atoms with Crippen LogP contribution in [0, 0.1) is 23.0 Å². The number of ketones is 1. The van der Waals surface area contributed by atoms with Crippen LogP contribution in [0.3, 0.4) is 0 Å². The zero-order valence-electron chi connectivity index (χ0n) is 15.5. The highest BCUT2D eigenvalue weighted by atomic mass is 19.4. The molecule has 0 radical (unpaired) electrons. The zero-order valence-corrected chi connectivity index (χ0v) is 15.5. The van der Waals surface area contributed by atoms with E-state index in [1.54, 1.807) is 0 Å². The van der Waals surface area contributed by atoms with Gasteiger partial charge in [-0.3, -0.25) is 15.2 Å². The Morgan fingerprint density at radius 1 is 1.10 bits per heavy atom. The van der Waals surface area contributed by atoms with E-state index in [9.17, 15) is 26.7 Å². The molecule has 0 unspecified atom stereocenters. The fourth-order valence-corrected chi connectivity index (χ4v) is 3.25. The number of hydrazine groups is 1. The van der Waals surface area contributed by atoms with E-state index in [1.165, 1.54) is 24.3 Å². The fraction of sp³-hybridized carbons (Fsp3) is 0.0952. The third-order valence-electron chi connectivity index (χ3n) is 4.69. The van der Waals surface area contributed by atoms with Crippen molar-refractivity contribution < 1.29 is 26.7 Å². The maximum atomic E-state index is 14.5. The number of fused-ring (bicyclic) bond motifs is 1. The van der Waals surface area contributed by atoms with Crippen molar-refractivity contribution in [1.82, 2.24) is 10.4 Å². The lowest BCUT2D eigenvalue weighted by Crippen LogP contribution is -2.50. The topological polar surface area (TPSA) is 68.5 Å². The summed E-state index contributed by atoms with van der Waals surface area (Å²) in [5.74, 6) is -3.23. The van der Waals surface area contributed by atoms with E-state index in [-0.39, 0.29) is 11.5 Å². The van der Waals surface area contributed by atoms with Crippen molar-refractivity contribution >= 4 is 23.0 Å². The Bertz CT molecular complexity index is 1220. The number of nitrogens with zero attached hydrogens (tertiary/aromatic N) is 3. The normalized spacial score (nSPS) is 16.3. The summed E-state index contributed by atoms with van der Waals surface area (Å²) in [6.45, 7) is -0.894. The number of rotatable bonds is 2. The van der Waals surface area contributed by atoms with Crippen LogP contribution in [0.1, 0.15) is 16.7 Å². The first-order valence-electron chi connectivity index (χ1n) is 8.82. The maximum absolute atomic E-state index is 14.5. The van der Waals surface area contributed by atoms with Gasteiger partial charge in [0.05, 0.1) is 35.1 Å². The molecule has 0 saturated carbocycles. The summed E-state index contributed by atoms with van der Waals surface area (Å²) in [5, 5.41) is 9.68. The predicted molar refractivity (Wildman–Crippen MR) is 101 cm³/mol. The third-order valence-corrected chi connectivity index (χ3v) is 4.69. The highest BCUT2D eigenvalue weighted by molar-refractivity contribution is 6.46. The number of nitriles is 1. The van der Waals surface area contributed by atoms with Crippen molar-refractivity contribution in [1.29, 1.82) is 5.26 Å². The van der Waals surface area contributed by atoms with Crippen molar-refractivity contribution in [2.75, 3.05) is 6.54 Å². The molecule has 10 heteroatoms. The summed E-state index contributed by atoms with van der Waals surface area (Å²) in [5.41, 5.74) is 1.14. The van der Waals surface area contributed by atoms with Gasteiger partial charge in [-0.25, -0.2) is 13.8 Å². The van der Waals surface area contributed by atoms with Gasteiger partial charge >= 0.3 is 6.18 Å². The van der Waals surface area contributed by atoms with Gasteiger partial charge in [-0.15, -0.1) is 0 Å². The van der Waals surface area contributed by atoms with E-state index in [0.717, 1.165) is 23.2 Å². The monoisotopic (exact) mass is 430 g/mol. The number of hydrogen-bond acceptors (Lipinski definition) is 5. The Balaban J connectivity index is 1.86. The minimum absolute atomic E-state index is 0.122. The van der Waals surface area contributed by atoms with Crippen molar-refractivity contribution in [3.05, 3.63) is 82.4 Å². The molecule has 0 bridgehead atoms. The van der Waals surface area contributed by atoms with Crippen LogP contribution in [0.5, 0.6) is 0 Å². The fourth-order valence-electron chi connectivity index (χ4n) is 3.25. The summed E-state index contributed by atoms with van der Waals surface area (Å²) in [6, 6.07) is 10.0. The van der Waals surface area contributed by atoms with Gasteiger partial charge in [0.2, 0.25) is 5.78 Å². The maximum Gasteiger partial charge on any atom is 0.416 e. The molecule has 0 spiro atoms. The molecule has 4 rings (SSSR count). The molecule has 0 amide bonds. The molecule has 2 aromatic carbocycles. The highest BCUT2D eigenvalue weighted by Crippen LogP contribution is 2.39. The van der Waals surface area contributed by atoms with Gasteiger partial charge in [0, 0.05) is 17.7 Å². The average Bonchev–Trinajstić information content (AvgIpc) is 2.72. The minimum Gasteiger partial charge on any atom is -0.292 e. The number of amidine groups is 1. The van der Waals surface area contributed by atoms with Gasteiger partial charge in [-0.1, -0.05) is 12.1 Å². The number of benzene rings is 2. The van der Waals surface area contributed by atoms with E-state index in [4.69, 9.17) is 5.26 Å². The third kappa shape index (κ3) is 3.66. The van der Waals surface area contributed by atoms with Gasteiger partial charge in [0.1, 0.15) is 11.6 Å². The number of alkyl halides is 3. The highest BCUT2D eigenvalue weighted by Gasteiger charge is 2.44. The Labute approximate surface area is 172 Å². The Morgan fingerprint density at radius 3 is 2.42 bits per heavy atom. The first-order chi connectivity index (χ1) is 14.7. The van der Waals surface area contributed by atoms with E-state index in [2.05, 4.69) is 10.4 Å². The Morgan fingerprint density at radius 2 is 1.81 bits per heavy atom. The number of hydrogen-bond donors (Lipinski definition) is 1. The molecule has 0 atom stereocenters. The summed E-state index contributed by atoms with van der Waals surface area (Å²) in [6.07, 6.45) is -3.74. The summed E-state index contributed by atoms with van der Waals surface area (Å²) < 4.78 is 69.1. The minimum atomic E-state index is -4.88. The smallest absolute Gasteiger partial charge is 0.292 e. The second kappa shape index (κ2) is 7.36. The van der Waals surface area contributed by atoms with Gasteiger partial charge in [0.25, 0.3) is 0 Å². The van der Waals surface area contributed by atoms with Gasteiger partial charge in [0.15, 0.2) is 5.84 Å². The second-order valence-corrected chi connectivity index (χ2v) is 6.65. The van der Waals surface area contributed by atoms with Crippen LogP contribution in [-0.2, 0) is 4.79 Å². The quantitative estimate of drug-likeness (QED) is 0.733. The molecule has 0 saturated heterocycles. The first-order valence-corrected chi connectivity index (χ1v) is 8.82. The average molecular weight is 430 g/mol. The van der Waals surface area contributed by atoms with Crippen molar-refractivity contribution in [3.63, 3.8) is 0 Å². The molecule has 0 fully saturated rings. The van der Waals surface area contributed by atoms with Crippen LogP contribution in [-0.4, -0.2) is 29.3 Å². The molecule has 31 heavy (non-hydrogen) atoms. The molecule has 5 nitrogen and oxygen atoms in total. The van der Waals surface area contributed by atoms with Crippen LogP contribution in [0.4, 0.5) is 22.0 Å². The number of nitrogens with one attached hydrogen (secondary N) is 1. The molecule has 2 aliphatic heterocycles. The molecule has 156 valence electrons. The standard InChI is InChI=1S/C21H11F5N4O/c22-13-5-6-14(16(23)7-13)19-15(21(24,25)26)10-28-20-18(31)8-17(29-30(19)20)12-3-1-11(9-27)2-4-12/h1-8,29H,10H2. The lowest BCUT2D eigenvalue weighted by atomic mass is 10.0. The van der Waals surface area contributed by atoms with Crippen LogP contribution in [0.25, 0.3) is 11.4 Å². The van der Waals surface area contributed by atoms with Crippen molar-refractivity contribution in [3.8, 4) is 6.07 Å². The lowest BCUT2D eigenvalue weighted by molar-refractivity contribution is -0.110. The van der Waals surface area contributed by atoms with E-state index >= 15 is 0 Å². The van der Waals surface area contributed by atoms with Crippen LogP contribution < -0.4 is 5.43 Å². The van der Waals surface area contributed by atoms with Crippen LogP contribution in [0.15, 0.2) is 59.1 Å². The lowest BCUT2D eigenvalue weighted by Gasteiger charge is -2.37. The summed E-state index contributed by atoms with van der Waals surface area (Å²) >= 11 is 0. The van der Waals surface area contributed by atoms with Crippen molar-refractivity contribution in [2.24, 2.45) is 4.99 Å². The van der Waals surface area contributed by atoms with Gasteiger partial charge in [-0.05, 0) is 29.8 Å². The summed E-state index contributed by atoms with van der Waals surface area (Å²) in [7, 11) is 0. The zero-order chi connectivity index (χ0) is 22.3. The van der Waals surface area contributed by atoms with E-state index in [1.807, 2.05) is 6.07 Å². The van der Waals surface area contributed by atoms with Gasteiger partial charge < -0.3 is 0 Å². The van der Waals surface area contributed by atoms with Gasteiger partial charge in [-0.2, -0.15) is 18.4 Å². The second-order valence-electron chi connectivity index (χ2n) is 6.65. The Hall–Kier alpha value is -4.00. The molecule has 1 N–H and O–H groups in total. The molecular formula is C21H11F5N4O. The molecule has 0 aliphatic carbocycles. The first kappa shape index (κ1) is 20.3. The molecule has 2 aliphatic rings. The molecule has 0 aromatic heterocycles. The van der Waals surface area contributed by atoms with E-state index < -0.39 is 47.0 Å². The largest absolute Gasteiger partial charge is 0.416 e.